The van der Waals surface area contributed by atoms with Gasteiger partial charge in [-0.3, -0.25) is 9.69 Å². The van der Waals surface area contributed by atoms with Crippen LogP contribution in [0.1, 0.15) is 19.8 Å². The monoisotopic (exact) mass is 449 g/mol. The third-order valence-electron chi connectivity index (χ3n) is 5.35. The van der Waals surface area contributed by atoms with Crippen molar-refractivity contribution in [1.29, 1.82) is 0 Å². The van der Waals surface area contributed by atoms with Crippen LogP contribution in [-0.4, -0.2) is 70.2 Å². The van der Waals surface area contributed by atoms with Gasteiger partial charge in [0.1, 0.15) is 0 Å². The number of halogens is 1. The Bertz CT molecular complexity index is 929. The minimum absolute atomic E-state index is 0.0583. The molecular formula is C18H24ClNO6S2. The molecule has 2 fully saturated rings. The van der Waals surface area contributed by atoms with Crippen LogP contribution in [0.5, 0.6) is 0 Å². The zero-order valence-corrected chi connectivity index (χ0v) is 18.0. The van der Waals surface area contributed by atoms with Gasteiger partial charge in [0.05, 0.1) is 34.2 Å². The Kier molecular flexibility index (Phi) is 6.38. The molecule has 0 bridgehead atoms. The number of piperidine rings is 1. The molecule has 3 rings (SSSR count). The third kappa shape index (κ3) is 4.53. The summed E-state index contributed by atoms with van der Waals surface area (Å²) in [5.74, 6) is -1.32. The molecule has 10 heteroatoms. The number of ether oxygens (including phenoxy) is 1. The van der Waals surface area contributed by atoms with Gasteiger partial charge in [-0.15, -0.1) is 0 Å². The lowest BCUT2D eigenvalue weighted by Gasteiger charge is -2.37. The van der Waals surface area contributed by atoms with E-state index in [4.69, 9.17) is 16.3 Å². The highest BCUT2D eigenvalue weighted by Gasteiger charge is 2.49. The van der Waals surface area contributed by atoms with E-state index in [-0.39, 0.29) is 29.1 Å². The molecule has 0 saturated carbocycles. The Hall–Kier alpha value is -1.16. The van der Waals surface area contributed by atoms with Crippen LogP contribution >= 0.6 is 11.6 Å². The lowest BCUT2D eigenvalue weighted by Crippen LogP contribution is -2.51. The van der Waals surface area contributed by atoms with E-state index in [9.17, 15) is 21.6 Å². The molecular weight excluding hydrogens is 426 g/mol. The SMILES string of the molecule is CCOC(=O)C1CCCN([C@H]2CS(=O)(=O)C[C@@H]2S(=O)(=O)c2ccc(Cl)cc2)C1. The second kappa shape index (κ2) is 8.30. The van der Waals surface area contributed by atoms with Crippen molar-refractivity contribution in [2.75, 3.05) is 31.2 Å². The molecule has 2 saturated heterocycles. The first-order valence-corrected chi connectivity index (χ1v) is 13.0. The summed E-state index contributed by atoms with van der Waals surface area (Å²) >= 11 is 5.85. The van der Waals surface area contributed by atoms with E-state index < -0.39 is 36.7 Å². The molecule has 2 aliphatic rings. The number of hydrogen-bond acceptors (Lipinski definition) is 7. The highest BCUT2D eigenvalue weighted by Crippen LogP contribution is 2.32. The maximum Gasteiger partial charge on any atom is 0.310 e. The van der Waals surface area contributed by atoms with Gasteiger partial charge in [-0.25, -0.2) is 16.8 Å². The third-order valence-corrected chi connectivity index (χ3v) is 9.74. The number of rotatable bonds is 5. The first-order valence-electron chi connectivity index (χ1n) is 9.24. The van der Waals surface area contributed by atoms with Gasteiger partial charge in [0.25, 0.3) is 0 Å². The van der Waals surface area contributed by atoms with Crippen LogP contribution in [0.4, 0.5) is 0 Å². The van der Waals surface area contributed by atoms with Crippen molar-refractivity contribution in [2.45, 2.75) is 36.0 Å². The summed E-state index contributed by atoms with van der Waals surface area (Å²) in [4.78, 5) is 14.0. The summed E-state index contributed by atoms with van der Waals surface area (Å²) in [6.45, 7) is 2.88. The molecule has 1 aromatic rings. The molecule has 2 heterocycles. The van der Waals surface area contributed by atoms with Crippen LogP contribution in [0, 0.1) is 5.92 Å². The van der Waals surface area contributed by atoms with Crippen LogP contribution in [0.3, 0.4) is 0 Å². The molecule has 7 nitrogen and oxygen atoms in total. The second-order valence-electron chi connectivity index (χ2n) is 7.27. The van der Waals surface area contributed by atoms with Crippen LogP contribution < -0.4 is 0 Å². The maximum absolute atomic E-state index is 13.2. The number of carbonyl (C=O) groups is 1. The summed E-state index contributed by atoms with van der Waals surface area (Å²) in [6.07, 6.45) is 1.34. The normalized spacial score (nSPS) is 28.1. The molecule has 2 aliphatic heterocycles. The predicted octanol–water partition coefficient (Wildman–Crippen LogP) is 1.55. The van der Waals surface area contributed by atoms with Gasteiger partial charge in [-0.05, 0) is 50.6 Å². The van der Waals surface area contributed by atoms with Crippen LogP contribution in [0.25, 0.3) is 0 Å². The average molecular weight is 450 g/mol. The van der Waals surface area contributed by atoms with Gasteiger partial charge >= 0.3 is 5.97 Å². The van der Waals surface area contributed by atoms with E-state index in [1.807, 2.05) is 4.90 Å². The van der Waals surface area contributed by atoms with Crippen molar-refractivity contribution < 1.29 is 26.4 Å². The smallest absolute Gasteiger partial charge is 0.310 e. The summed E-state index contributed by atoms with van der Waals surface area (Å²) < 4.78 is 56.1. The van der Waals surface area contributed by atoms with Crippen molar-refractivity contribution in [3.8, 4) is 0 Å². The molecule has 1 unspecified atom stereocenters. The Labute approximate surface area is 170 Å². The molecule has 0 radical (unpaired) electrons. The van der Waals surface area contributed by atoms with E-state index in [2.05, 4.69) is 0 Å². The van der Waals surface area contributed by atoms with E-state index in [0.717, 1.165) is 0 Å². The van der Waals surface area contributed by atoms with E-state index in [1.54, 1.807) is 6.92 Å². The first kappa shape index (κ1) is 21.5. The molecule has 156 valence electrons. The van der Waals surface area contributed by atoms with Crippen molar-refractivity contribution in [3.05, 3.63) is 29.3 Å². The number of carbonyl (C=O) groups excluding carboxylic acids is 1. The lowest BCUT2D eigenvalue weighted by molar-refractivity contribution is -0.150. The topological polar surface area (TPSA) is 97.8 Å². The van der Waals surface area contributed by atoms with Crippen LogP contribution in [0.2, 0.25) is 5.02 Å². The maximum atomic E-state index is 13.2. The van der Waals surface area contributed by atoms with Gasteiger partial charge in [0.2, 0.25) is 0 Å². The highest BCUT2D eigenvalue weighted by molar-refractivity contribution is 7.96. The zero-order valence-electron chi connectivity index (χ0n) is 15.6. The zero-order chi connectivity index (χ0) is 20.5. The predicted molar refractivity (Wildman–Crippen MR) is 106 cm³/mol. The summed E-state index contributed by atoms with van der Waals surface area (Å²) in [6, 6.07) is 5.08. The highest BCUT2D eigenvalue weighted by atomic mass is 35.5. The van der Waals surface area contributed by atoms with E-state index >= 15 is 0 Å². The Morgan fingerprint density at radius 2 is 1.93 bits per heavy atom. The van der Waals surface area contributed by atoms with Crippen LogP contribution in [-0.2, 0) is 29.2 Å². The fourth-order valence-electron chi connectivity index (χ4n) is 3.99. The quantitative estimate of drug-likeness (QED) is 0.629. The molecule has 0 aliphatic carbocycles. The Morgan fingerprint density at radius 3 is 2.57 bits per heavy atom. The molecule has 0 spiro atoms. The lowest BCUT2D eigenvalue weighted by atomic mass is 9.96. The average Bonchev–Trinajstić information content (AvgIpc) is 2.99. The van der Waals surface area contributed by atoms with Gasteiger partial charge in [-0.1, -0.05) is 11.6 Å². The fraction of sp³-hybridized carbons (Fsp3) is 0.611. The van der Waals surface area contributed by atoms with Crippen molar-refractivity contribution >= 4 is 37.2 Å². The second-order valence-corrected chi connectivity index (χ2v) is 12.0. The van der Waals surface area contributed by atoms with E-state index in [1.165, 1.54) is 24.3 Å². The minimum Gasteiger partial charge on any atom is -0.466 e. The number of sulfone groups is 2. The van der Waals surface area contributed by atoms with Gasteiger partial charge in [0.15, 0.2) is 19.7 Å². The summed E-state index contributed by atoms with van der Waals surface area (Å²) in [7, 11) is -7.37. The van der Waals surface area contributed by atoms with Crippen LogP contribution in [0.15, 0.2) is 29.2 Å². The Balaban J connectivity index is 1.88. The summed E-state index contributed by atoms with van der Waals surface area (Å²) in [5, 5.41) is -0.664. The number of nitrogens with zero attached hydrogens (tertiary/aromatic N) is 1. The molecule has 0 aromatic heterocycles. The van der Waals surface area contributed by atoms with Gasteiger partial charge < -0.3 is 4.74 Å². The van der Waals surface area contributed by atoms with Crippen molar-refractivity contribution in [3.63, 3.8) is 0 Å². The standard InChI is InChI=1S/C18H24ClNO6S2/c1-2-26-18(21)13-4-3-9-20(10-13)16-11-27(22,23)12-17(16)28(24,25)15-7-5-14(19)6-8-15/h5-8,13,16-17H,2-4,9-12H2,1H3/t13?,16-,17-/m0/s1. The molecule has 1 aromatic carbocycles. The van der Waals surface area contributed by atoms with Gasteiger partial charge in [-0.2, -0.15) is 0 Å². The van der Waals surface area contributed by atoms with Crippen molar-refractivity contribution in [2.24, 2.45) is 5.92 Å². The fourth-order valence-corrected chi connectivity index (χ4v) is 8.95. The largest absolute Gasteiger partial charge is 0.466 e. The van der Waals surface area contributed by atoms with Gasteiger partial charge in [0, 0.05) is 17.6 Å². The summed E-state index contributed by atoms with van der Waals surface area (Å²) in [5.41, 5.74) is 0. The molecule has 3 atom stereocenters. The number of benzene rings is 1. The molecule has 28 heavy (non-hydrogen) atoms. The number of hydrogen-bond donors (Lipinski definition) is 0. The first-order chi connectivity index (χ1) is 13.1. The molecule has 0 N–H and O–H groups in total. The molecule has 0 amide bonds. The minimum atomic E-state index is -3.87. The van der Waals surface area contributed by atoms with Crippen molar-refractivity contribution in [1.82, 2.24) is 4.90 Å². The van der Waals surface area contributed by atoms with E-state index in [0.29, 0.717) is 31.0 Å². The number of likely N-dealkylation sites (tertiary alicyclic amines) is 1. The number of esters is 1. The Morgan fingerprint density at radius 1 is 1.25 bits per heavy atom.